The van der Waals surface area contributed by atoms with Crippen molar-refractivity contribution in [3.05, 3.63) is 0 Å². The zero-order valence-electron chi connectivity index (χ0n) is 12.2. The summed E-state index contributed by atoms with van der Waals surface area (Å²) >= 11 is 0. The van der Waals surface area contributed by atoms with Crippen LogP contribution in [0, 0.1) is 11.8 Å². The zero-order chi connectivity index (χ0) is 15.5. The van der Waals surface area contributed by atoms with Gasteiger partial charge in [-0.3, -0.25) is 4.79 Å². The van der Waals surface area contributed by atoms with Gasteiger partial charge in [0, 0.05) is 25.0 Å². The number of nitrogens with zero attached hydrogens (tertiary/aromatic N) is 1. The molecule has 1 rings (SSSR count). The lowest BCUT2D eigenvalue weighted by Gasteiger charge is -2.24. The third-order valence-corrected chi connectivity index (χ3v) is 2.86. The predicted octanol–water partition coefficient (Wildman–Crippen LogP) is -0.217. The van der Waals surface area contributed by atoms with Crippen molar-refractivity contribution in [1.29, 1.82) is 0 Å². The van der Waals surface area contributed by atoms with Crippen LogP contribution in [0.15, 0.2) is 0 Å². The molecular weight excluding hydrogens is 266 g/mol. The quantitative estimate of drug-likeness (QED) is 0.666. The molecule has 0 bridgehead atoms. The van der Waals surface area contributed by atoms with Crippen LogP contribution >= 0.6 is 0 Å². The van der Waals surface area contributed by atoms with Gasteiger partial charge in [-0.05, 0) is 27.7 Å². The summed E-state index contributed by atoms with van der Waals surface area (Å²) in [7, 11) is 0. The molecule has 7 nitrogen and oxygen atoms in total. The van der Waals surface area contributed by atoms with E-state index in [0.29, 0.717) is 0 Å². The summed E-state index contributed by atoms with van der Waals surface area (Å²) in [5, 5.41) is 11.1. The van der Waals surface area contributed by atoms with Crippen LogP contribution in [-0.4, -0.2) is 48.2 Å². The van der Waals surface area contributed by atoms with Crippen molar-refractivity contribution in [3.8, 4) is 0 Å². The molecular formula is C13H20NO6-. The lowest BCUT2D eigenvalue weighted by atomic mass is 9.96. The molecule has 0 aromatic heterocycles. The van der Waals surface area contributed by atoms with Gasteiger partial charge in [-0.25, -0.2) is 4.79 Å². The Kier molecular flexibility index (Phi) is 4.97. The molecule has 114 valence electrons. The molecule has 0 aromatic rings. The lowest BCUT2D eigenvalue weighted by Crippen LogP contribution is -2.39. The highest BCUT2D eigenvalue weighted by Crippen LogP contribution is 2.26. The molecule has 0 unspecified atom stereocenters. The van der Waals surface area contributed by atoms with Gasteiger partial charge < -0.3 is 24.3 Å². The summed E-state index contributed by atoms with van der Waals surface area (Å²) in [5.74, 6) is -3.98. The van der Waals surface area contributed by atoms with Gasteiger partial charge in [0.2, 0.25) is 0 Å². The molecule has 20 heavy (non-hydrogen) atoms. The number of carboxylic acid groups (broad SMARTS) is 1. The summed E-state index contributed by atoms with van der Waals surface area (Å²) < 4.78 is 9.99. The normalized spacial score (nSPS) is 22.5. The van der Waals surface area contributed by atoms with Gasteiger partial charge in [0.05, 0.1) is 12.5 Å². The Morgan fingerprint density at radius 3 is 2.20 bits per heavy atom. The number of carbonyl (C=O) groups is 3. The fraction of sp³-hybridized carbons (Fsp3) is 0.769. The monoisotopic (exact) mass is 286 g/mol. The maximum Gasteiger partial charge on any atom is 0.410 e. The van der Waals surface area contributed by atoms with E-state index in [1.54, 1.807) is 27.7 Å². The summed E-state index contributed by atoms with van der Waals surface area (Å²) in [6, 6.07) is 0. The number of carboxylic acids is 1. The molecule has 7 heteroatoms. The predicted molar refractivity (Wildman–Crippen MR) is 66.4 cm³/mol. The zero-order valence-corrected chi connectivity index (χ0v) is 12.2. The van der Waals surface area contributed by atoms with Crippen molar-refractivity contribution in [3.63, 3.8) is 0 Å². The molecule has 0 N–H and O–H groups in total. The van der Waals surface area contributed by atoms with Gasteiger partial charge in [-0.2, -0.15) is 0 Å². The molecule has 0 aliphatic carbocycles. The molecule has 0 aromatic carbocycles. The Balaban J connectivity index is 2.77. The maximum atomic E-state index is 11.9. The highest BCUT2D eigenvalue weighted by molar-refractivity contribution is 5.83. The van der Waals surface area contributed by atoms with Gasteiger partial charge in [0.25, 0.3) is 0 Å². The highest BCUT2D eigenvalue weighted by Gasteiger charge is 2.42. The SMILES string of the molecule is CCOC(=O)[C@H]1CN(C(=O)OC(C)(C)C)C[C@@H]1C(=O)[O-]. The third kappa shape index (κ3) is 4.11. The van der Waals surface area contributed by atoms with Crippen LogP contribution < -0.4 is 5.11 Å². The van der Waals surface area contributed by atoms with E-state index in [1.165, 1.54) is 4.90 Å². The number of ether oxygens (including phenoxy) is 2. The molecule has 0 spiro atoms. The number of esters is 1. The minimum Gasteiger partial charge on any atom is -0.550 e. The van der Waals surface area contributed by atoms with E-state index in [4.69, 9.17) is 9.47 Å². The average molecular weight is 286 g/mol. The Bertz CT molecular complexity index is 400. The third-order valence-electron chi connectivity index (χ3n) is 2.86. The molecule has 1 fully saturated rings. The van der Waals surface area contributed by atoms with E-state index in [1.807, 2.05) is 0 Å². The van der Waals surface area contributed by atoms with E-state index < -0.39 is 35.5 Å². The molecule has 1 heterocycles. The van der Waals surface area contributed by atoms with Crippen LogP contribution in [-0.2, 0) is 19.1 Å². The molecule has 1 amide bonds. The van der Waals surface area contributed by atoms with E-state index >= 15 is 0 Å². The number of amides is 1. The standard InChI is InChI=1S/C13H21NO6/c1-5-19-11(17)9-7-14(6-8(9)10(15)16)12(18)20-13(2,3)4/h8-9H,5-7H2,1-4H3,(H,15,16)/p-1/t8-,9-/m0/s1. The van der Waals surface area contributed by atoms with Crippen LogP contribution in [0.4, 0.5) is 4.79 Å². The largest absolute Gasteiger partial charge is 0.550 e. The van der Waals surface area contributed by atoms with Crippen LogP contribution in [0.5, 0.6) is 0 Å². The smallest absolute Gasteiger partial charge is 0.410 e. The number of hydrogen-bond donors (Lipinski definition) is 0. The van der Waals surface area contributed by atoms with E-state index in [0.717, 1.165) is 0 Å². The number of carbonyl (C=O) groups excluding carboxylic acids is 3. The summed E-state index contributed by atoms with van der Waals surface area (Å²) in [6.45, 7) is 6.77. The van der Waals surface area contributed by atoms with Crippen molar-refractivity contribution in [1.82, 2.24) is 4.90 Å². The molecule has 0 saturated carbocycles. The second-order valence-corrected chi connectivity index (χ2v) is 5.67. The van der Waals surface area contributed by atoms with Crippen LogP contribution in [0.25, 0.3) is 0 Å². The van der Waals surface area contributed by atoms with Gasteiger partial charge in [0.15, 0.2) is 0 Å². The molecule has 1 aliphatic rings. The first-order chi connectivity index (χ1) is 9.15. The Hall–Kier alpha value is -1.79. The summed E-state index contributed by atoms with van der Waals surface area (Å²) in [5.41, 5.74) is -0.684. The second kappa shape index (κ2) is 6.11. The Morgan fingerprint density at radius 1 is 1.20 bits per heavy atom. The van der Waals surface area contributed by atoms with Gasteiger partial charge in [-0.15, -0.1) is 0 Å². The van der Waals surface area contributed by atoms with Crippen LogP contribution in [0.2, 0.25) is 0 Å². The van der Waals surface area contributed by atoms with Crippen molar-refractivity contribution in [2.24, 2.45) is 11.8 Å². The van der Waals surface area contributed by atoms with Crippen molar-refractivity contribution < 1.29 is 29.0 Å². The average Bonchev–Trinajstić information content (AvgIpc) is 2.71. The number of hydrogen-bond acceptors (Lipinski definition) is 6. The molecule has 1 saturated heterocycles. The van der Waals surface area contributed by atoms with Crippen LogP contribution in [0.3, 0.4) is 0 Å². The maximum absolute atomic E-state index is 11.9. The van der Waals surface area contributed by atoms with E-state index in [-0.39, 0.29) is 19.7 Å². The van der Waals surface area contributed by atoms with Gasteiger partial charge in [-0.1, -0.05) is 0 Å². The minimum absolute atomic E-state index is 0.0353. The number of aliphatic carboxylic acids is 1. The summed E-state index contributed by atoms with van der Waals surface area (Å²) in [4.78, 5) is 35.9. The number of rotatable bonds is 3. The second-order valence-electron chi connectivity index (χ2n) is 5.67. The first-order valence-electron chi connectivity index (χ1n) is 6.51. The summed E-state index contributed by atoms with van der Waals surface area (Å²) in [6.07, 6.45) is -0.643. The minimum atomic E-state index is -1.37. The van der Waals surface area contributed by atoms with Crippen molar-refractivity contribution >= 4 is 18.0 Å². The Labute approximate surface area is 117 Å². The van der Waals surface area contributed by atoms with Crippen LogP contribution in [0.1, 0.15) is 27.7 Å². The van der Waals surface area contributed by atoms with Gasteiger partial charge in [0.1, 0.15) is 5.60 Å². The first-order valence-corrected chi connectivity index (χ1v) is 6.51. The molecule has 2 atom stereocenters. The van der Waals surface area contributed by atoms with Crippen molar-refractivity contribution in [2.45, 2.75) is 33.3 Å². The van der Waals surface area contributed by atoms with Crippen molar-refractivity contribution in [2.75, 3.05) is 19.7 Å². The molecule has 0 radical (unpaired) electrons. The van der Waals surface area contributed by atoms with E-state index in [9.17, 15) is 19.5 Å². The molecule has 1 aliphatic heterocycles. The first kappa shape index (κ1) is 16.3. The van der Waals surface area contributed by atoms with E-state index in [2.05, 4.69) is 0 Å². The topological polar surface area (TPSA) is 96.0 Å². The number of likely N-dealkylation sites (tertiary alicyclic amines) is 1. The fourth-order valence-corrected chi connectivity index (χ4v) is 2.01. The van der Waals surface area contributed by atoms with Gasteiger partial charge >= 0.3 is 12.1 Å². The lowest BCUT2D eigenvalue weighted by molar-refractivity contribution is -0.312. The highest BCUT2D eigenvalue weighted by atomic mass is 16.6. The fourth-order valence-electron chi connectivity index (χ4n) is 2.01. The Morgan fingerprint density at radius 2 is 1.75 bits per heavy atom.